The van der Waals surface area contributed by atoms with Crippen LogP contribution >= 0.6 is 0 Å². The lowest BCUT2D eigenvalue weighted by molar-refractivity contribution is 0.367. The Kier molecular flexibility index (Phi) is 5.39. The van der Waals surface area contributed by atoms with Crippen molar-refractivity contribution in [3.63, 3.8) is 0 Å². The zero-order valence-corrected chi connectivity index (χ0v) is 29.0. The van der Waals surface area contributed by atoms with Gasteiger partial charge < -0.3 is 9.47 Å². The summed E-state index contributed by atoms with van der Waals surface area (Å²) in [5.41, 5.74) is 4.62. The molecule has 0 saturated heterocycles. The van der Waals surface area contributed by atoms with Crippen LogP contribution in [-0.4, -0.2) is 0 Å². The van der Waals surface area contributed by atoms with Crippen LogP contribution in [0.4, 0.5) is 0 Å². The molecule has 2 nitrogen and oxygen atoms in total. The predicted molar refractivity (Wildman–Crippen MR) is 226 cm³/mol. The minimum absolute atomic E-state index is 0.725. The normalized spacial score (nSPS) is 12.7. The van der Waals surface area contributed by atoms with Crippen LogP contribution in [0.25, 0.3) is 108 Å². The van der Waals surface area contributed by atoms with Crippen molar-refractivity contribution < 1.29 is 9.47 Å². The van der Waals surface area contributed by atoms with Gasteiger partial charge in [0.2, 0.25) is 0 Å². The van der Waals surface area contributed by atoms with E-state index >= 15 is 0 Å². The van der Waals surface area contributed by atoms with Crippen molar-refractivity contribution in [1.29, 1.82) is 0 Å². The zero-order valence-electron chi connectivity index (χ0n) is 29.0. The van der Waals surface area contributed by atoms with Crippen molar-refractivity contribution in [1.82, 2.24) is 0 Å². The van der Waals surface area contributed by atoms with Crippen LogP contribution < -0.4 is 9.47 Å². The fraction of sp³-hybridized carbons (Fsp3) is 0. The highest BCUT2D eigenvalue weighted by atomic mass is 16.6. The van der Waals surface area contributed by atoms with Crippen LogP contribution in [0.3, 0.4) is 0 Å². The van der Waals surface area contributed by atoms with E-state index in [0.717, 1.165) is 55.7 Å². The van der Waals surface area contributed by atoms with E-state index in [1.165, 1.54) is 75.8 Å². The second kappa shape index (κ2) is 10.2. The van der Waals surface area contributed by atoms with Crippen molar-refractivity contribution >= 4 is 86.2 Å². The second-order valence-corrected chi connectivity index (χ2v) is 14.7. The van der Waals surface area contributed by atoms with Gasteiger partial charge in [0.15, 0.2) is 23.0 Å². The molecule has 1 aliphatic rings. The molecule has 0 aliphatic carbocycles. The van der Waals surface area contributed by atoms with E-state index in [0.29, 0.717) is 0 Å². The lowest BCUT2D eigenvalue weighted by atomic mass is 9.87. The highest BCUT2D eigenvalue weighted by molar-refractivity contribution is 6.28. The molecule has 12 aromatic carbocycles. The Morgan fingerprint density at radius 1 is 0.241 bits per heavy atom. The number of hydrogen-bond acceptors (Lipinski definition) is 2. The molecule has 0 saturated carbocycles. The Hall–Kier alpha value is -7.16. The summed E-state index contributed by atoms with van der Waals surface area (Å²) in [5, 5.41) is 19.6. The standard InChI is InChI=1S/C52H28O2/c1-3-13-41-35(11-1)43(37-23-19-33-17-15-29-7-5-9-31-21-25-39(37)49(33)47(29)31)27-45-51(41)53-46-28-44(36-12-2-4-14-42(36)52(46)54-45)38-24-20-34-18-16-30-8-6-10-32-22-26-40(38)50(34)48(30)32/h1-28H. The molecule has 0 spiro atoms. The van der Waals surface area contributed by atoms with Gasteiger partial charge in [-0.25, -0.2) is 0 Å². The number of fused-ring (bicyclic) bond motifs is 6. The lowest BCUT2D eigenvalue weighted by Crippen LogP contribution is -2.02. The Balaban J connectivity index is 1.04. The number of ether oxygens (including phenoxy) is 2. The van der Waals surface area contributed by atoms with Crippen LogP contribution in [0.1, 0.15) is 0 Å². The molecule has 0 N–H and O–H groups in total. The molecule has 12 aromatic rings. The van der Waals surface area contributed by atoms with E-state index in [1.54, 1.807) is 0 Å². The van der Waals surface area contributed by atoms with Gasteiger partial charge in [0, 0.05) is 10.8 Å². The maximum atomic E-state index is 7.03. The van der Waals surface area contributed by atoms with Crippen molar-refractivity contribution in [2.24, 2.45) is 0 Å². The summed E-state index contributed by atoms with van der Waals surface area (Å²) in [6, 6.07) is 61.8. The topological polar surface area (TPSA) is 18.5 Å². The van der Waals surface area contributed by atoms with Gasteiger partial charge in [-0.05, 0) is 110 Å². The van der Waals surface area contributed by atoms with Gasteiger partial charge in [-0.3, -0.25) is 0 Å². The van der Waals surface area contributed by atoms with Crippen molar-refractivity contribution in [2.45, 2.75) is 0 Å². The van der Waals surface area contributed by atoms with Gasteiger partial charge in [0.25, 0.3) is 0 Å². The molecule has 1 heterocycles. The number of hydrogen-bond donors (Lipinski definition) is 0. The van der Waals surface area contributed by atoms with Gasteiger partial charge in [-0.1, -0.05) is 158 Å². The number of benzene rings is 12. The predicted octanol–water partition coefficient (Wildman–Crippen LogP) is 15.0. The van der Waals surface area contributed by atoms with Crippen LogP contribution in [0.2, 0.25) is 0 Å². The second-order valence-electron chi connectivity index (χ2n) is 14.7. The fourth-order valence-corrected chi connectivity index (χ4v) is 9.61. The highest BCUT2D eigenvalue weighted by Crippen LogP contribution is 2.56. The quantitative estimate of drug-likeness (QED) is 0.169. The van der Waals surface area contributed by atoms with Crippen LogP contribution in [0, 0.1) is 0 Å². The monoisotopic (exact) mass is 684 g/mol. The molecule has 0 unspecified atom stereocenters. The molecule has 0 fully saturated rings. The third kappa shape index (κ3) is 3.69. The average Bonchev–Trinajstić information content (AvgIpc) is 3.23. The molecule has 0 atom stereocenters. The van der Waals surface area contributed by atoms with Gasteiger partial charge >= 0.3 is 0 Å². The molecule has 0 amide bonds. The number of rotatable bonds is 2. The van der Waals surface area contributed by atoms with Crippen LogP contribution in [0.15, 0.2) is 170 Å². The molecule has 0 radical (unpaired) electrons. The minimum atomic E-state index is 0.725. The van der Waals surface area contributed by atoms with Gasteiger partial charge in [0.05, 0.1) is 0 Å². The fourth-order valence-electron chi connectivity index (χ4n) is 9.61. The molecule has 1 aliphatic heterocycles. The summed E-state index contributed by atoms with van der Waals surface area (Å²) in [7, 11) is 0. The molecular formula is C52H28O2. The van der Waals surface area contributed by atoms with E-state index < -0.39 is 0 Å². The zero-order chi connectivity index (χ0) is 35.1. The summed E-state index contributed by atoms with van der Waals surface area (Å²) in [4.78, 5) is 0. The third-order valence-electron chi connectivity index (χ3n) is 12.0. The summed E-state index contributed by atoms with van der Waals surface area (Å²) >= 11 is 0. The largest absolute Gasteiger partial charge is 0.449 e. The average molecular weight is 685 g/mol. The van der Waals surface area contributed by atoms with Crippen LogP contribution in [0.5, 0.6) is 23.0 Å². The Morgan fingerprint density at radius 2 is 0.593 bits per heavy atom. The molecule has 0 aromatic heterocycles. The van der Waals surface area contributed by atoms with Crippen molar-refractivity contribution in [3.8, 4) is 45.3 Å². The van der Waals surface area contributed by atoms with Crippen LogP contribution in [-0.2, 0) is 0 Å². The highest BCUT2D eigenvalue weighted by Gasteiger charge is 2.28. The Bertz CT molecular complexity index is 3290. The summed E-state index contributed by atoms with van der Waals surface area (Å²) in [5.74, 6) is 2.94. The van der Waals surface area contributed by atoms with E-state index in [2.05, 4.69) is 170 Å². The Morgan fingerprint density at radius 3 is 1.02 bits per heavy atom. The molecule has 13 rings (SSSR count). The van der Waals surface area contributed by atoms with Crippen molar-refractivity contribution in [2.75, 3.05) is 0 Å². The summed E-state index contributed by atoms with van der Waals surface area (Å²) in [6.45, 7) is 0. The van der Waals surface area contributed by atoms with Gasteiger partial charge in [0.1, 0.15) is 0 Å². The summed E-state index contributed by atoms with van der Waals surface area (Å²) in [6.07, 6.45) is 0. The molecule has 0 bridgehead atoms. The maximum absolute atomic E-state index is 7.03. The van der Waals surface area contributed by atoms with Crippen molar-refractivity contribution in [3.05, 3.63) is 170 Å². The lowest BCUT2D eigenvalue weighted by Gasteiger charge is -2.26. The van der Waals surface area contributed by atoms with E-state index in [1.807, 2.05) is 0 Å². The molecule has 54 heavy (non-hydrogen) atoms. The smallest absolute Gasteiger partial charge is 0.178 e. The van der Waals surface area contributed by atoms with E-state index in [9.17, 15) is 0 Å². The van der Waals surface area contributed by atoms with E-state index in [-0.39, 0.29) is 0 Å². The molecule has 2 heteroatoms. The SMILES string of the molecule is c1cc2ccc3ccc(-c4cc5c(c6ccccc46)Oc4cc(-c6ccc7ccc8cccc9ccc6c7c89)c6ccccc6c4O5)c4ccc(c1)c2c34. The van der Waals surface area contributed by atoms with Gasteiger partial charge in [-0.2, -0.15) is 0 Å². The Labute approximate surface area is 309 Å². The first-order valence-corrected chi connectivity index (χ1v) is 18.6. The minimum Gasteiger partial charge on any atom is -0.449 e. The van der Waals surface area contributed by atoms with Gasteiger partial charge in [-0.15, -0.1) is 0 Å². The molecular weight excluding hydrogens is 657 g/mol. The maximum Gasteiger partial charge on any atom is 0.178 e. The van der Waals surface area contributed by atoms with E-state index in [4.69, 9.17) is 9.47 Å². The summed E-state index contributed by atoms with van der Waals surface area (Å²) < 4.78 is 14.1. The third-order valence-corrected chi connectivity index (χ3v) is 12.0. The first kappa shape index (κ1) is 28.4. The molecule has 248 valence electrons. The first-order chi connectivity index (χ1) is 26.8. The first-order valence-electron chi connectivity index (χ1n) is 18.6.